The molecule has 130 valence electrons. The first-order chi connectivity index (χ1) is 11.5. The third kappa shape index (κ3) is 5.73. The van der Waals surface area contributed by atoms with E-state index in [1.54, 1.807) is 18.2 Å². The lowest BCUT2D eigenvalue weighted by Crippen LogP contribution is -2.41. The molecule has 24 heavy (non-hydrogen) atoms. The minimum absolute atomic E-state index is 0.0329. The van der Waals surface area contributed by atoms with E-state index < -0.39 is 0 Å². The smallest absolute Gasteiger partial charge is 0.241 e. The number of rotatable bonds is 6. The molecular formula is C17H21Cl2N3O2. The third-order valence-electron chi connectivity index (χ3n) is 3.92. The molecule has 0 bridgehead atoms. The molecule has 1 aromatic rings. The van der Waals surface area contributed by atoms with E-state index in [9.17, 15) is 9.59 Å². The van der Waals surface area contributed by atoms with Gasteiger partial charge in [-0.15, -0.1) is 0 Å². The number of hydrogen-bond acceptors (Lipinski definition) is 3. The summed E-state index contributed by atoms with van der Waals surface area (Å²) in [6.07, 6.45) is 5.23. The Labute approximate surface area is 151 Å². The maximum atomic E-state index is 12.0. The number of hydrazine groups is 1. The van der Waals surface area contributed by atoms with Crippen molar-refractivity contribution in [2.75, 3.05) is 5.32 Å². The molecule has 0 aromatic heterocycles. The summed E-state index contributed by atoms with van der Waals surface area (Å²) in [4.78, 5) is 24.0. The van der Waals surface area contributed by atoms with Gasteiger partial charge in [0.2, 0.25) is 11.8 Å². The van der Waals surface area contributed by atoms with Crippen LogP contribution in [0.1, 0.15) is 38.5 Å². The van der Waals surface area contributed by atoms with Gasteiger partial charge in [0.15, 0.2) is 0 Å². The van der Waals surface area contributed by atoms with Crippen molar-refractivity contribution in [1.82, 2.24) is 10.9 Å². The Morgan fingerprint density at radius 3 is 2.46 bits per heavy atom. The summed E-state index contributed by atoms with van der Waals surface area (Å²) in [6.45, 7) is 3.75. The predicted octanol–water partition coefficient (Wildman–Crippen LogP) is 4.04. The van der Waals surface area contributed by atoms with Crippen LogP contribution in [0.4, 0.5) is 5.69 Å². The number of amides is 2. The van der Waals surface area contributed by atoms with Gasteiger partial charge in [-0.2, -0.15) is 0 Å². The van der Waals surface area contributed by atoms with Gasteiger partial charge in [0.25, 0.3) is 0 Å². The largest absolute Gasteiger partial charge is 0.326 e. The highest BCUT2D eigenvalue weighted by molar-refractivity contribution is 6.42. The first kappa shape index (κ1) is 18.6. The van der Waals surface area contributed by atoms with Gasteiger partial charge >= 0.3 is 0 Å². The fourth-order valence-corrected chi connectivity index (χ4v) is 2.93. The van der Waals surface area contributed by atoms with Crippen LogP contribution in [-0.4, -0.2) is 11.8 Å². The first-order valence-electron chi connectivity index (χ1n) is 7.94. The van der Waals surface area contributed by atoms with Crippen LogP contribution in [0.15, 0.2) is 30.5 Å². The zero-order valence-corrected chi connectivity index (χ0v) is 14.8. The molecular weight excluding hydrogens is 349 g/mol. The van der Waals surface area contributed by atoms with Crippen LogP contribution in [0.25, 0.3) is 0 Å². The van der Waals surface area contributed by atoms with Gasteiger partial charge in [0, 0.05) is 17.3 Å². The second-order valence-corrected chi connectivity index (χ2v) is 6.72. The number of halogens is 2. The Morgan fingerprint density at radius 1 is 1.08 bits per heavy atom. The topological polar surface area (TPSA) is 70.2 Å². The van der Waals surface area contributed by atoms with Crippen LogP contribution >= 0.6 is 23.2 Å². The molecule has 0 heterocycles. The molecule has 7 heteroatoms. The summed E-state index contributed by atoms with van der Waals surface area (Å²) in [5.74, 6) is -0.261. The van der Waals surface area contributed by atoms with Gasteiger partial charge in [0.05, 0.1) is 16.5 Å². The molecule has 3 N–H and O–H groups in total. The highest BCUT2D eigenvalue weighted by Crippen LogP contribution is 2.25. The molecule has 1 aromatic carbocycles. The molecule has 1 aliphatic rings. The van der Waals surface area contributed by atoms with Crippen LogP contribution in [0.3, 0.4) is 0 Å². The van der Waals surface area contributed by atoms with Crippen molar-refractivity contribution < 1.29 is 9.59 Å². The maximum Gasteiger partial charge on any atom is 0.241 e. The van der Waals surface area contributed by atoms with Crippen LogP contribution in [0.5, 0.6) is 0 Å². The number of anilines is 1. The molecule has 0 spiro atoms. The van der Waals surface area contributed by atoms with Gasteiger partial charge in [0.1, 0.15) is 0 Å². The summed E-state index contributed by atoms with van der Waals surface area (Å²) in [7, 11) is 0. The fraction of sp³-hybridized carbons (Fsp3) is 0.412. The lowest BCUT2D eigenvalue weighted by atomic mass is 9.89. The van der Waals surface area contributed by atoms with E-state index in [1.165, 1.54) is 6.42 Å². The molecule has 2 rings (SSSR count). The lowest BCUT2D eigenvalue weighted by molar-refractivity contribution is -0.127. The zero-order chi connectivity index (χ0) is 17.5. The average Bonchev–Trinajstić information content (AvgIpc) is 2.56. The quantitative estimate of drug-likeness (QED) is 0.662. The SMILES string of the molecule is C=C(CC(=O)Nc1ccc(Cl)c(Cl)c1)NNC(=O)C1CCCCC1. The molecule has 1 aliphatic carbocycles. The summed E-state index contributed by atoms with van der Waals surface area (Å²) in [5.41, 5.74) is 6.31. The fourth-order valence-electron chi connectivity index (χ4n) is 2.63. The van der Waals surface area contributed by atoms with Crippen LogP contribution in [0.2, 0.25) is 10.0 Å². The van der Waals surface area contributed by atoms with Crippen molar-refractivity contribution in [2.45, 2.75) is 38.5 Å². The third-order valence-corrected chi connectivity index (χ3v) is 4.65. The summed E-state index contributed by atoms with van der Waals surface area (Å²) in [6, 6.07) is 4.84. The molecule has 0 atom stereocenters. The molecule has 5 nitrogen and oxygen atoms in total. The van der Waals surface area contributed by atoms with Crippen molar-refractivity contribution in [3.8, 4) is 0 Å². The molecule has 0 saturated heterocycles. The Hall–Kier alpha value is -1.72. The number of carbonyl (C=O) groups excluding carboxylic acids is 2. The van der Waals surface area contributed by atoms with E-state index in [2.05, 4.69) is 22.7 Å². The van der Waals surface area contributed by atoms with Gasteiger partial charge in [-0.3, -0.25) is 15.0 Å². The van der Waals surface area contributed by atoms with Crippen molar-refractivity contribution in [2.24, 2.45) is 5.92 Å². The van der Waals surface area contributed by atoms with E-state index in [1.807, 2.05) is 0 Å². The first-order valence-corrected chi connectivity index (χ1v) is 8.70. The second kappa shape index (κ2) is 8.94. The standard InChI is InChI=1S/C17H21Cl2N3O2/c1-11(21-22-17(24)12-5-3-2-4-6-12)9-16(23)20-13-7-8-14(18)15(19)10-13/h7-8,10,12,21H,1-6,9H2,(H,20,23)(H,22,24). The van der Waals surface area contributed by atoms with E-state index in [0.717, 1.165) is 25.7 Å². The van der Waals surface area contributed by atoms with Crippen LogP contribution in [0, 0.1) is 5.92 Å². The second-order valence-electron chi connectivity index (χ2n) is 5.91. The Kier molecular flexibility index (Phi) is 6.94. The Morgan fingerprint density at radius 2 is 1.79 bits per heavy atom. The van der Waals surface area contributed by atoms with Gasteiger partial charge in [-0.25, -0.2) is 0 Å². The Balaban J connectivity index is 1.73. The normalized spacial score (nSPS) is 14.8. The Bertz CT molecular complexity index is 628. The summed E-state index contributed by atoms with van der Waals surface area (Å²) < 4.78 is 0. The highest BCUT2D eigenvalue weighted by Gasteiger charge is 2.20. The molecule has 0 radical (unpaired) electrons. The van der Waals surface area contributed by atoms with Gasteiger partial charge in [-0.1, -0.05) is 49.0 Å². The molecule has 0 aliphatic heterocycles. The summed E-state index contributed by atoms with van der Waals surface area (Å²) >= 11 is 11.7. The molecule has 0 unspecified atom stereocenters. The van der Waals surface area contributed by atoms with E-state index >= 15 is 0 Å². The van der Waals surface area contributed by atoms with E-state index in [4.69, 9.17) is 23.2 Å². The van der Waals surface area contributed by atoms with E-state index in [-0.39, 0.29) is 24.2 Å². The van der Waals surface area contributed by atoms with E-state index in [0.29, 0.717) is 21.4 Å². The highest BCUT2D eigenvalue weighted by atomic mass is 35.5. The number of carbonyl (C=O) groups is 2. The minimum atomic E-state index is -0.266. The van der Waals surface area contributed by atoms with Crippen LogP contribution in [-0.2, 0) is 9.59 Å². The average molecular weight is 370 g/mol. The predicted molar refractivity (Wildman–Crippen MR) is 96.7 cm³/mol. The molecule has 2 amide bonds. The summed E-state index contributed by atoms with van der Waals surface area (Å²) in [5, 5.41) is 3.49. The lowest BCUT2D eigenvalue weighted by Gasteiger charge is -2.21. The minimum Gasteiger partial charge on any atom is -0.326 e. The zero-order valence-electron chi connectivity index (χ0n) is 13.3. The maximum absolute atomic E-state index is 12.0. The monoisotopic (exact) mass is 369 g/mol. The number of nitrogens with one attached hydrogen (secondary N) is 3. The van der Waals surface area contributed by atoms with Gasteiger partial charge < -0.3 is 10.7 Å². The van der Waals surface area contributed by atoms with Crippen molar-refractivity contribution in [1.29, 1.82) is 0 Å². The number of benzene rings is 1. The van der Waals surface area contributed by atoms with Gasteiger partial charge in [-0.05, 0) is 31.0 Å². The van der Waals surface area contributed by atoms with Crippen LogP contribution < -0.4 is 16.2 Å². The van der Waals surface area contributed by atoms with Crippen molar-refractivity contribution in [3.05, 3.63) is 40.5 Å². The molecule has 1 saturated carbocycles. The van der Waals surface area contributed by atoms with Crippen molar-refractivity contribution >= 4 is 40.7 Å². The van der Waals surface area contributed by atoms with Crippen molar-refractivity contribution in [3.63, 3.8) is 0 Å². The molecule has 1 fully saturated rings. The number of hydrogen-bond donors (Lipinski definition) is 3.